The summed E-state index contributed by atoms with van der Waals surface area (Å²) >= 11 is 0. The number of hydrogen-bond donors (Lipinski definition) is 2. The Hall–Kier alpha value is -1.10. The lowest BCUT2D eigenvalue weighted by Crippen LogP contribution is -2.40. The smallest absolute Gasteiger partial charge is 0.115 e. The molecule has 26 heavy (non-hydrogen) atoms. The molecule has 0 aromatic heterocycles. The fraction of sp³-hybridized carbons (Fsp3) is 0.727. The van der Waals surface area contributed by atoms with E-state index in [0.29, 0.717) is 29.6 Å². The van der Waals surface area contributed by atoms with Crippen LogP contribution in [0, 0.1) is 17.8 Å². The minimum absolute atomic E-state index is 0.0418. The number of rotatable bonds is 4. The molecule has 0 spiro atoms. The Balaban J connectivity index is 1.24. The molecule has 0 amide bonds. The van der Waals surface area contributed by atoms with Gasteiger partial charge in [0.2, 0.25) is 0 Å². The van der Waals surface area contributed by atoms with Crippen LogP contribution in [0.1, 0.15) is 69.3 Å². The van der Waals surface area contributed by atoms with Crippen LogP contribution in [-0.4, -0.2) is 28.2 Å². The number of phenols is 1. The van der Waals surface area contributed by atoms with Gasteiger partial charge < -0.3 is 9.84 Å². The lowest BCUT2D eigenvalue weighted by Gasteiger charge is -2.43. The lowest BCUT2D eigenvalue weighted by molar-refractivity contribution is -0.293. The average Bonchev–Trinajstić information content (AvgIpc) is 3.34. The molecule has 1 aromatic carbocycles. The van der Waals surface area contributed by atoms with E-state index in [2.05, 4.69) is 17.0 Å². The summed E-state index contributed by atoms with van der Waals surface area (Å²) in [6.07, 6.45) is 10.8. The molecule has 4 aliphatic carbocycles. The van der Waals surface area contributed by atoms with E-state index in [1.54, 1.807) is 0 Å². The molecule has 0 saturated heterocycles. The zero-order chi connectivity index (χ0) is 17.7. The van der Waals surface area contributed by atoms with Gasteiger partial charge in [0.1, 0.15) is 5.75 Å². The molecule has 5 rings (SSSR count). The third-order valence-electron chi connectivity index (χ3n) is 7.60. The van der Waals surface area contributed by atoms with E-state index in [4.69, 9.17) is 9.99 Å². The zero-order valence-electron chi connectivity index (χ0n) is 15.3. The zero-order valence-corrected chi connectivity index (χ0v) is 15.3. The lowest BCUT2D eigenvalue weighted by atomic mass is 9.70. The highest BCUT2D eigenvalue weighted by atomic mass is 17.1. The Bertz CT molecular complexity index is 630. The molecule has 142 valence electrons. The first-order valence-electron chi connectivity index (χ1n) is 10.4. The van der Waals surface area contributed by atoms with Crippen molar-refractivity contribution in [2.75, 3.05) is 0 Å². The topological polar surface area (TPSA) is 58.9 Å². The van der Waals surface area contributed by atoms with Gasteiger partial charge in [-0.2, -0.15) is 0 Å². The summed E-state index contributed by atoms with van der Waals surface area (Å²) in [5.41, 5.74) is 1.46. The quantitative estimate of drug-likeness (QED) is 0.595. The summed E-state index contributed by atoms with van der Waals surface area (Å²) in [7, 11) is 0. The number of fused-ring (bicyclic) bond motifs is 3. The van der Waals surface area contributed by atoms with Crippen molar-refractivity contribution >= 4 is 0 Å². The second kappa shape index (κ2) is 6.50. The Labute approximate surface area is 155 Å². The van der Waals surface area contributed by atoms with Crippen molar-refractivity contribution in [3.8, 4) is 5.75 Å². The predicted octanol–water partition coefficient (Wildman–Crippen LogP) is 4.87. The highest BCUT2D eigenvalue weighted by Crippen LogP contribution is 2.61. The summed E-state index contributed by atoms with van der Waals surface area (Å²) in [6, 6.07) is 7.78. The summed E-state index contributed by atoms with van der Waals surface area (Å²) in [4.78, 5) is 4.65. The van der Waals surface area contributed by atoms with Gasteiger partial charge in [0.05, 0.1) is 17.8 Å². The molecule has 5 atom stereocenters. The molecule has 4 nitrogen and oxygen atoms in total. The van der Waals surface area contributed by atoms with Crippen molar-refractivity contribution in [1.82, 2.24) is 0 Å². The standard InChI is InChI=1S/C22H30O4/c23-19-5-2-16(3-6-19)17-1-4-18-13-22(18,12-17)25-20-8-14-7-15(9-20)11-21(10-14)26-24/h2-3,5-6,14-15,17-18,20-21,23-24H,1,4,7-13H2/t14?,15?,17?,18-,20?,21?,22-/m0/s1. The average molecular weight is 358 g/mol. The molecule has 4 heteroatoms. The summed E-state index contributed by atoms with van der Waals surface area (Å²) in [5.74, 6) is 2.96. The van der Waals surface area contributed by atoms with Gasteiger partial charge in [-0.1, -0.05) is 12.1 Å². The van der Waals surface area contributed by atoms with Gasteiger partial charge >= 0.3 is 0 Å². The van der Waals surface area contributed by atoms with Crippen LogP contribution in [0.3, 0.4) is 0 Å². The molecule has 1 aromatic rings. The molecule has 0 radical (unpaired) electrons. The Morgan fingerprint density at radius 2 is 1.54 bits per heavy atom. The van der Waals surface area contributed by atoms with Gasteiger partial charge in [-0.05, 0) is 99.2 Å². The maximum atomic E-state index is 9.55. The second-order valence-corrected chi connectivity index (χ2v) is 9.41. The van der Waals surface area contributed by atoms with Crippen molar-refractivity contribution in [2.24, 2.45) is 17.8 Å². The number of benzene rings is 1. The Kier molecular flexibility index (Phi) is 4.26. The van der Waals surface area contributed by atoms with Crippen LogP contribution < -0.4 is 0 Å². The van der Waals surface area contributed by atoms with Gasteiger partial charge in [0.15, 0.2) is 0 Å². The first-order chi connectivity index (χ1) is 12.6. The van der Waals surface area contributed by atoms with Crippen LogP contribution >= 0.6 is 0 Å². The normalized spacial score (nSPS) is 44.3. The van der Waals surface area contributed by atoms with Crippen molar-refractivity contribution < 1.29 is 20.0 Å². The largest absolute Gasteiger partial charge is 0.508 e. The number of phenolic OH excluding ortho intramolecular Hbond substituents is 1. The maximum absolute atomic E-state index is 9.55. The Morgan fingerprint density at radius 3 is 2.23 bits per heavy atom. The van der Waals surface area contributed by atoms with E-state index in [1.807, 2.05) is 12.1 Å². The van der Waals surface area contributed by atoms with E-state index in [1.165, 1.54) is 31.2 Å². The van der Waals surface area contributed by atoms with Gasteiger partial charge in [-0.25, -0.2) is 4.89 Å². The maximum Gasteiger partial charge on any atom is 0.115 e. The monoisotopic (exact) mass is 358 g/mol. The third kappa shape index (κ3) is 3.17. The molecule has 0 heterocycles. The minimum Gasteiger partial charge on any atom is -0.508 e. The van der Waals surface area contributed by atoms with Crippen LogP contribution in [0.5, 0.6) is 5.75 Å². The first kappa shape index (κ1) is 17.0. The van der Waals surface area contributed by atoms with Crippen LogP contribution in [0.2, 0.25) is 0 Å². The summed E-state index contributed by atoms with van der Waals surface area (Å²) < 4.78 is 6.82. The molecule has 2 N–H and O–H groups in total. The molecule has 4 fully saturated rings. The molecular weight excluding hydrogens is 328 g/mol. The van der Waals surface area contributed by atoms with E-state index in [0.717, 1.165) is 38.0 Å². The fourth-order valence-electron chi connectivity index (χ4n) is 6.36. The van der Waals surface area contributed by atoms with E-state index >= 15 is 0 Å². The van der Waals surface area contributed by atoms with Crippen LogP contribution in [0.25, 0.3) is 0 Å². The second-order valence-electron chi connectivity index (χ2n) is 9.41. The molecule has 0 aliphatic heterocycles. The van der Waals surface area contributed by atoms with Crippen molar-refractivity contribution in [1.29, 1.82) is 0 Å². The number of aromatic hydroxyl groups is 1. The van der Waals surface area contributed by atoms with E-state index in [-0.39, 0.29) is 11.7 Å². The van der Waals surface area contributed by atoms with Crippen LogP contribution in [0.4, 0.5) is 0 Å². The van der Waals surface area contributed by atoms with Gasteiger partial charge in [0.25, 0.3) is 0 Å². The molecule has 3 unspecified atom stereocenters. The Morgan fingerprint density at radius 1 is 0.846 bits per heavy atom. The summed E-state index contributed by atoms with van der Waals surface area (Å²) in [5, 5.41) is 18.6. The van der Waals surface area contributed by atoms with Crippen LogP contribution in [-0.2, 0) is 9.62 Å². The third-order valence-corrected chi connectivity index (χ3v) is 7.60. The predicted molar refractivity (Wildman–Crippen MR) is 98.0 cm³/mol. The SMILES string of the molecule is OOC1CC2CC(C1)CC(O[C@]13CC(c4ccc(O)cc4)CC[C@H]1C3)C2. The first-order valence-corrected chi connectivity index (χ1v) is 10.4. The van der Waals surface area contributed by atoms with Crippen molar-refractivity contribution in [2.45, 2.75) is 81.5 Å². The van der Waals surface area contributed by atoms with E-state index < -0.39 is 0 Å². The molecule has 4 saturated carbocycles. The summed E-state index contributed by atoms with van der Waals surface area (Å²) in [6.45, 7) is 0. The molecular formula is C22H30O4. The fourth-order valence-corrected chi connectivity index (χ4v) is 6.36. The number of hydrogen-bond acceptors (Lipinski definition) is 4. The van der Waals surface area contributed by atoms with Gasteiger partial charge in [0, 0.05) is 0 Å². The minimum atomic E-state index is 0.0418. The van der Waals surface area contributed by atoms with Crippen molar-refractivity contribution in [3.05, 3.63) is 29.8 Å². The number of ether oxygens (including phenoxy) is 1. The van der Waals surface area contributed by atoms with Gasteiger partial charge in [-0.3, -0.25) is 5.26 Å². The van der Waals surface area contributed by atoms with E-state index in [9.17, 15) is 5.11 Å². The highest BCUT2D eigenvalue weighted by Gasteiger charge is 2.59. The molecule has 2 bridgehead atoms. The van der Waals surface area contributed by atoms with Crippen molar-refractivity contribution in [3.63, 3.8) is 0 Å². The van der Waals surface area contributed by atoms with Gasteiger partial charge in [-0.15, -0.1) is 0 Å². The van der Waals surface area contributed by atoms with Crippen LogP contribution in [0.15, 0.2) is 24.3 Å². The highest BCUT2D eigenvalue weighted by molar-refractivity contribution is 5.30. The molecule has 4 aliphatic rings.